The van der Waals surface area contributed by atoms with Gasteiger partial charge in [0.15, 0.2) is 0 Å². The molecule has 1 aromatic heterocycles. The number of furan rings is 1. The van der Waals surface area contributed by atoms with Crippen molar-refractivity contribution in [2.75, 3.05) is 6.54 Å². The monoisotopic (exact) mass is 259 g/mol. The van der Waals surface area contributed by atoms with Gasteiger partial charge in [0.05, 0.1) is 16.8 Å². The summed E-state index contributed by atoms with van der Waals surface area (Å²) in [6, 6.07) is 2.30. The number of hydrogen-bond donors (Lipinski definition) is 1. The third-order valence-corrected chi connectivity index (χ3v) is 2.83. The molecule has 1 rings (SSSR count). The highest BCUT2D eigenvalue weighted by atomic mass is 79.9. The van der Waals surface area contributed by atoms with Gasteiger partial charge in [-0.05, 0) is 41.4 Å². The van der Waals surface area contributed by atoms with E-state index < -0.39 is 0 Å². The zero-order valence-corrected chi connectivity index (χ0v) is 10.4. The summed E-state index contributed by atoms with van der Waals surface area (Å²) in [5.74, 6) is 1.03. The number of hydrogen-bond acceptors (Lipinski definition) is 2. The minimum Gasteiger partial charge on any atom is -0.466 e. The Bertz CT molecular complexity index is 260. The van der Waals surface area contributed by atoms with Crippen molar-refractivity contribution in [3.63, 3.8) is 0 Å². The van der Waals surface area contributed by atoms with Gasteiger partial charge in [-0.3, -0.25) is 0 Å². The second-order valence-electron chi connectivity index (χ2n) is 3.43. The van der Waals surface area contributed by atoms with Gasteiger partial charge < -0.3 is 9.73 Å². The van der Waals surface area contributed by atoms with Crippen molar-refractivity contribution in [1.29, 1.82) is 0 Å². The summed E-state index contributed by atoms with van der Waals surface area (Å²) in [6.45, 7) is 5.41. The van der Waals surface area contributed by atoms with E-state index in [9.17, 15) is 0 Å². The highest BCUT2D eigenvalue weighted by Gasteiger charge is 2.15. The van der Waals surface area contributed by atoms with E-state index in [0.717, 1.165) is 36.0 Å². The molecule has 0 aliphatic carbocycles. The maximum atomic E-state index is 5.47. The van der Waals surface area contributed by atoms with Gasteiger partial charge in [0.1, 0.15) is 5.76 Å². The maximum absolute atomic E-state index is 5.47. The van der Waals surface area contributed by atoms with Gasteiger partial charge in [-0.1, -0.05) is 20.3 Å². The topological polar surface area (TPSA) is 25.2 Å². The summed E-state index contributed by atoms with van der Waals surface area (Å²) in [5.41, 5.74) is 0. The van der Waals surface area contributed by atoms with Crippen LogP contribution in [0, 0.1) is 0 Å². The fraction of sp³-hybridized carbons (Fsp3) is 0.636. The molecule has 0 fully saturated rings. The van der Waals surface area contributed by atoms with Crippen LogP contribution in [0.15, 0.2) is 21.2 Å². The van der Waals surface area contributed by atoms with Crippen LogP contribution in [0.2, 0.25) is 0 Å². The SMILES string of the molecule is CCCNC(CCC)c1occc1Br. The lowest BCUT2D eigenvalue weighted by Gasteiger charge is -2.15. The Hall–Kier alpha value is -0.280. The third-order valence-electron chi connectivity index (χ3n) is 2.18. The molecule has 2 nitrogen and oxygen atoms in total. The van der Waals surface area contributed by atoms with E-state index >= 15 is 0 Å². The highest BCUT2D eigenvalue weighted by Crippen LogP contribution is 2.27. The molecular formula is C11H18BrNO. The van der Waals surface area contributed by atoms with E-state index in [1.165, 1.54) is 0 Å². The minimum atomic E-state index is 0.351. The van der Waals surface area contributed by atoms with Crippen molar-refractivity contribution in [3.05, 3.63) is 22.6 Å². The molecule has 0 aliphatic rings. The Morgan fingerprint density at radius 3 is 2.71 bits per heavy atom. The predicted octanol–water partition coefficient (Wildman–Crippen LogP) is 3.88. The van der Waals surface area contributed by atoms with Crippen molar-refractivity contribution in [1.82, 2.24) is 5.32 Å². The van der Waals surface area contributed by atoms with Crippen molar-refractivity contribution < 1.29 is 4.42 Å². The fourth-order valence-corrected chi connectivity index (χ4v) is 1.96. The van der Waals surface area contributed by atoms with Crippen molar-refractivity contribution in [3.8, 4) is 0 Å². The molecule has 1 unspecified atom stereocenters. The average molecular weight is 260 g/mol. The molecule has 0 aliphatic heterocycles. The van der Waals surface area contributed by atoms with Gasteiger partial charge in [0.25, 0.3) is 0 Å². The van der Waals surface area contributed by atoms with E-state index in [-0.39, 0.29) is 0 Å². The van der Waals surface area contributed by atoms with E-state index in [1.807, 2.05) is 6.07 Å². The van der Waals surface area contributed by atoms with E-state index in [0.29, 0.717) is 6.04 Å². The molecule has 80 valence electrons. The average Bonchev–Trinajstić information content (AvgIpc) is 2.59. The summed E-state index contributed by atoms with van der Waals surface area (Å²) in [7, 11) is 0. The Labute approximate surface area is 94.2 Å². The van der Waals surface area contributed by atoms with Crippen LogP contribution in [0.1, 0.15) is 44.9 Å². The van der Waals surface area contributed by atoms with Crippen LogP contribution in [0.3, 0.4) is 0 Å². The summed E-state index contributed by atoms with van der Waals surface area (Å²) < 4.78 is 6.54. The molecule has 14 heavy (non-hydrogen) atoms. The molecule has 0 amide bonds. The summed E-state index contributed by atoms with van der Waals surface area (Å²) >= 11 is 3.50. The van der Waals surface area contributed by atoms with Crippen LogP contribution >= 0.6 is 15.9 Å². The minimum absolute atomic E-state index is 0.351. The standard InChI is InChI=1S/C11H18BrNO/c1-3-5-10(13-7-4-2)11-9(12)6-8-14-11/h6,8,10,13H,3-5,7H2,1-2H3. The van der Waals surface area contributed by atoms with E-state index in [4.69, 9.17) is 4.42 Å². The smallest absolute Gasteiger partial charge is 0.134 e. The van der Waals surface area contributed by atoms with Gasteiger partial charge in [0.2, 0.25) is 0 Å². The Kier molecular flexibility index (Phi) is 5.26. The lowest BCUT2D eigenvalue weighted by atomic mass is 10.1. The molecule has 0 bridgehead atoms. The normalized spacial score (nSPS) is 13.1. The van der Waals surface area contributed by atoms with Gasteiger partial charge in [-0.25, -0.2) is 0 Å². The molecule has 0 aromatic carbocycles. The van der Waals surface area contributed by atoms with Crippen LogP contribution in [-0.4, -0.2) is 6.54 Å². The molecule has 0 radical (unpaired) electrons. The fourth-order valence-electron chi connectivity index (χ4n) is 1.49. The van der Waals surface area contributed by atoms with Crippen LogP contribution < -0.4 is 5.32 Å². The number of rotatable bonds is 6. The lowest BCUT2D eigenvalue weighted by molar-refractivity contribution is 0.391. The molecule has 0 saturated carbocycles. The first-order chi connectivity index (χ1) is 6.79. The molecule has 1 atom stereocenters. The van der Waals surface area contributed by atoms with Crippen LogP contribution in [0.5, 0.6) is 0 Å². The van der Waals surface area contributed by atoms with Crippen LogP contribution in [-0.2, 0) is 0 Å². The molecule has 1 N–H and O–H groups in total. The molecule has 3 heteroatoms. The number of nitrogens with one attached hydrogen (secondary N) is 1. The third kappa shape index (κ3) is 3.14. The van der Waals surface area contributed by atoms with Crippen molar-refractivity contribution in [2.24, 2.45) is 0 Å². The number of halogens is 1. The van der Waals surface area contributed by atoms with Gasteiger partial charge in [-0.2, -0.15) is 0 Å². The Morgan fingerprint density at radius 2 is 2.21 bits per heavy atom. The summed E-state index contributed by atoms with van der Waals surface area (Å²) in [4.78, 5) is 0. The molecular weight excluding hydrogens is 242 g/mol. The van der Waals surface area contributed by atoms with Crippen LogP contribution in [0.25, 0.3) is 0 Å². The van der Waals surface area contributed by atoms with Crippen LogP contribution in [0.4, 0.5) is 0 Å². The first kappa shape index (κ1) is 11.8. The van der Waals surface area contributed by atoms with Crippen molar-refractivity contribution in [2.45, 2.75) is 39.2 Å². The molecule has 1 aromatic rings. The predicted molar refractivity (Wildman–Crippen MR) is 62.4 cm³/mol. The van der Waals surface area contributed by atoms with Gasteiger partial charge >= 0.3 is 0 Å². The second-order valence-corrected chi connectivity index (χ2v) is 4.28. The first-order valence-corrected chi connectivity index (χ1v) is 6.05. The molecule has 0 saturated heterocycles. The van der Waals surface area contributed by atoms with Crippen molar-refractivity contribution >= 4 is 15.9 Å². The molecule has 0 spiro atoms. The quantitative estimate of drug-likeness (QED) is 0.839. The summed E-state index contributed by atoms with van der Waals surface area (Å²) in [6.07, 6.45) is 5.16. The zero-order valence-electron chi connectivity index (χ0n) is 8.85. The highest BCUT2D eigenvalue weighted by molar-refractivity contribution is 9.10. The summed E-state index contributed by atoms with van der Waals surface area (Å²) in [5, 5.41) is 3.49. The Morgan fingerprint density at radius 1 is 1.43 bits per heavy atom. The lowest BCUT2D eigenvalue weighted by Crippen LogP contribution is -2.21. The zero-order chi connectivity index (χ0) is 10.4. The largest absolute Gasteiger partial charge is 0.466 e. The van der Waals surface area contributed by atoms with E-state index in [1.54, 1.807) is 6.26 Å². The maximum Gasteiger partial charge on any atom is 0.134 e. The molecule has 1 heterocycles. The van der Waals surface area contributed by atoms with Gasteiger partial charge in [0, 0.05) is 0 Å². The Balaban J connectivity index is 2.62. The first-order valence-electron chi connectivity index (χ1n) is 5.25. The second kappa shape index (κ2) is 6.25. The van der Waals surface area contributed by atoms with E-state index in [2.05, 4.69) is 35.1 Å². The van der Waals surface area contributed by atoms with Gasteiger partial charge in [-0.15, -0.1) is 0 Å².